The maximum Gasteiger partial charge on any atom is 0.389 e. The summed E-state index contributed by atoms with van der Waals surface area (Å²) in [5, 5.41) is 4.67. The van der Waals surface area contributed by atoms with E-state index >= 15 is 8.78 Å². The summed E-state index contributed by atoms with van der Waals surface area (Å²) in [6.45, 7) is 5.91. The third kappa shape index (κ3) is 5.09. The van der Waals surface area contributed by atoms with Gasteiger partial charge in [-0.3, -0.25) is 4.99 Å². The fourth-order valence-electron chi connectivity index (χ4n) is 5.58. The standard InChI is InChI=1S/C28H29F5N2O2S/c1-25(2,3)24-26(13-5-4-6-14-27(29,30)31)16-22(26)21-12-11-20(15-23(21)35-24)38(36,37)28(32,33)19-9-7-18(17-34)8-10-19/h7-12,15,22H,4-6,13-14,16H2,1-3H3. The Kier molecular flexibility index (Phi) is 7.01. The molecule has 2 atom stereocenters. The minimum Gasteiger partial charge on any atom is -0.256 e. The molecule has 0 aromatic heterocycles. The topological polar surface area (TPSA) is 70.3 Å². The molecule has 204 valence electrons. The number of alkyl halides is 5. The average molecular weight is 553 g/mol. The van der Waals surface area contributed by atoms with E-state index < -0.39 is 43.6 Å². The van der Waals surface area contributed by atoms with Crippen LogP contribution in [-0.2, 0) is 15.1 Å². The smallest absolute Gasteiger partial charge is 0.256 e. The third-order valence-corrected chi connectivity index (χ3v) is 9.23. The fourth-order valence-corrected chi connectivity index (χ4v) is 6.84. The number of nitrogens with zero attached hydrogens (tertiary/aromatic N) is 2. The molecule has 2 aromatic rings. The monoisotopic (exact) mass is 552 g/mol. The van der Waals surface area contributed by atoms with E-state index in [2.05, 4.69) is 0 Å². The van der Waals surface area contributed by atoms with Crippen LogP contribution in [0.3, 0.4) is 0 Å². The summed E-state index contributed by atoms with van der Waals surface area (Å²) in [4.78, 5) is 4.24. The quantitative estimate of drug-likeness (QED) is 0.245. The minimum atomic E-state index is -5.13. The number of aliphatic imine (C=N–C) groups is 1. The van der Waals surface area contributed by atoms with Crippen molar-refractivity contribution in [2.45, 2.75) is 81.5 Å². The van der Waals surface area contributed by atoms with E-state index in [-0.39, 0.29) is 23.3 Å². The second-order valence-corrected chi connectivity index (χ2v) is 13.2. The molecular formula is C28H29F5N2O2S. The molecule has 1 heterocycles. The van der Waals surface area contributed by atoms with Crippen LogP contribution in [0.2, 0.25) is 0 Å². The number of rotatable bonds is 8. The van der Waals surface area contributed by atoms with Crippen molar-refractivity contribution >= 4 is 21.2 Å². The summed E-state index contributed by atoms with van der Waals surface area (Å²) in [5.74, 6) is 0.0163. The number of halogens is 5. The van der Waals surface area contributed by atoms with Crippen LogP contribution in [0.5, 0.6) is 0 Å². The molecule has 4 rings (SSSR count). The van der Waals surface area contributed by atoms with Crippen molar-refractivity contribution in [1.82, 2.24) is 0 Å². The lowest BCUT2D eigenvalue weighted by molar-refractivity contribution is -0.135. The van der Waals surface area contributed by atoms with Gasteiger partial charge in [0.25, 0.3) is 0 Å². The van der Waals surface area contributed by atoms with Crippen LogP contribution in [0, 0.1) is 22.2 Å². The van der Waals surface area contributed by atoms with Crippen molar-refractivity contribution in [2.75, 3.05) is 0 Å². The molecule has 0 bridgehead atoms. The Hall–Kier alpha value is -2.80. The van der Waals surface area contributed by atoms with Gasteiger partial charge in [-0.25, -0.2) is 8.42 Å². The first-order valence-electron chi connectivity index (χ1n) is 12.5. The second kappa shape index (κ2) is 9.44. The first-order chi connectivity index (χ1) is 17.5. The van der Waals surface area contributed by atoms with Gasteiger partial charge < -0.3 is 0 Å². The van der Waals surface area contributed by atoms with Gasteiger partial charge in [0.05, 0.1) is 22.2 Å². The summed E-state index contributed by atoms with van der Waals surface area (Å²) in [5.41, 5.74) is 0.617. The lowest BCUT2D eigenvalue weighted by atomic mass is 9.74. The van der Waals surface area contributed by atoms with Gasteiger partial charge in [-0.1, -0.05) is 51.8 Å². The van der Waals surface area contributed by atoms with Crippen molar-refractivity contribution in [2.24, 2.45) is 15.8 Å². The molecule has 4 nitrogen and oxygen atoms in total. The molecule has 0 saturated heterocycles. The van der Waals surface area contributed by atoms with E-state index in [1.54, 1.807) is 0 Å². The maximum atomic E-state index is 15.2. The molecule has 1 aliphatic heterocycles. The van der Waals surface area contributed by atoms with Crippen molar-refractivity contribution in [3.05, 3.63) is 59.2 Å². The molecule has 2 unspecified atom stereocenters. The van der Waals surface area contributed by atoms with E-state index in [9.17, 15) is 21.6 Å². The van der Waals surface area contributed by atoms with Gasteiger partial charge in [0.2, 0.25) is 9.84 Å². The number of unbranched alkanes of at least 4 members (excludes halogenated alkanes) is 2. The molecule has 0 spiro atoms. The van der Waals surface area contributed by atoms with E-state index in [1.807, 2.05) is 26.8 Å². The molecule has 0 amide bonds. The highest BCUT2D eigenvalue weighted by Gasteiger charge is 2.62. The summed E-state index contributed by atoms with van der Waals surface area (Å²) >= 11 is 0. The molecule has 38 heavy (non-hydrogen) atoms. The van der Waals surface area contributed by atoms with Crippen molar-refractivity contribution in [3.63, 3.8) is 0 Å². The van der Waals surface area contributed by atoms with E-state index in [1.165, 1.54) is 18.2 Å². The first kappa shape index (κ1) is 28.2. The number of fused-ring (bicyclic) bond motifs is 3. The number of hydrogen-bond acceptors (Lipinski definition) is 4. The predicted octanol–water partition coefficient (Wildman–Crippen LogP) is 8.20. The first-order valence-corrected chi connectivity index (χ1v) is 13.9. The lowest BCUT2D eigenvalue weighted by Crippen LogP contribution is -2.33. The zero-order chi connectivity index (χ0) is 28.1. The van der Waals surface area contributed by atoms with Crippen molar-refractivity contribution in [3.8, 4) is 6.07 Å². The highest BCUT2D eigenvalue weighted by molar-refractivity contribution is 7.92. The Balaban J connectivity index is 1.63. The molecule has 1 aliphatic carbocycles. The van der Waals surface area contributed by atoms with Gasteiger partial charge in [0.15, 0.2) is 0 Å². The number of nitriles is 1. The largest absolute Gasteiger partial charge is 0.389 e. The van der Waals surface area contributed by atoms with Crippen LogP contribution >= 0.6 is 0 Å². The molecule has 10 heteroatoms. The fraction of sp³-hybridized carbons (Fsp3) is 0.500. The molecule has 1 fully saturated rings. The van der Waals surface area contributed by atoms with Crippen LogP contribution in [0.1, 0.15) is 81.9 Å². The van der Waals surface area contributed by atoms with Crippen LogP contribution in [0.4, 0.5) is 27.6 Å². The highest BCUT2D eigenvalue weighted by Crippen LogP contribution is 2.69. The number of hydrogen-bond donors (Lipinski definition) is 0. The Bertz CT molecular complexity index is 1400. The normalized spacial score (nSPS) is 21.2. The van der Waals surface area contributed by atoms with Gasteiger partial charge >= 0.3 is 11.4 Å². The summed E-state index contributed by atoms with van der Waals surface area (Å²) in [6, 6.07) is 9.85. The maximum absolute atomic E-state index is 15.2. The van der Waals surface area contributed by atoms with Crippen molar-refractivity contribution < 1.29 is 30.4 Å². The van der Waals surface area contributed by atoms with Gasteiger partial charge in [0.1, 0.15) is 0 Å². The zero-order valence-electron chi connectivity index (χ0n) is 21.4. The molecule has 2 aromatic carbocycles. The second-order valence-electron chi connectivity index (χ2n) is 11.2. The SMILES string of the molecule is CC(C)(C)C1=Nc2cc(S(=O)(=O)C(F)(F)c3ccc(C#N)cc3)ccc2C2CC12CCCCCC(F)(F)F. The minimum absolute atomic E-state index is 0.0163. The van der Waals surface area contributed by atoms with Gasteiger partial charge in [-0.2, -0.15) is 27.2 Å². The number of benzene rings is 2. The molecule has 1 saturated carbocycles. The van der Waals surface area contributed by atoms with Crippen LogP contribution in [0.25, 0.3) is 0 Å². The molecule has 2 aliphatic rings. The van der Waals surface area contributed by atoms with Gasteiger partial charge in [0, 0.05) is 28.5 Å². The zero-order valence-corrected chi connectivity index (χ0v) is 22.2. The van der Waals surface area contributed by atoms with E-state index in [0.717, 1.165) is 42.0 Å². The van der Waals surface area contributed by atoms with E-state index in [0.29, 0.717) is 24.9 Å². The van der Waals surface area contributed by atoms with Crippen molar-refractivity contribution in [1.29, 1.82) is 5.26 Å². The number of sulfone groups is 1. The summed E-state index contributed by atoms with van der Waals surface area (Å²) in [7, 11) is -5.13. The Morgan fingerprint density at radius 2 is 1.66 bits per heavy atom. The lowest BCUT2D eigenvalue weighted by Gasteiger charge is -2.34. The van der Waals surface area contributed by atoms with Crippen LogP contribution in [0.15, 0.2) is 52.4 Å². The van der Waals surface area contributed by atoms with Gasteiger partial charge in [-0.05, 0) is 55.0 Å². The summed E-state index contributed by atoms with van der Waals surface area (Å²) in [6.07, 6.45) is -2.45. The van der Waals surface area contributed by atoms with E-state index in [4.69, 9.17) is 10.3 Å². The van der Waals surface area contributed by atoms with Crippen LogP contribution in [-0.4, -0.2) is 20.3 Å². The molecule has 0 radical (unpaired) electrons. The van der Waals surface area contributed by atoms with Crippen LogP contribution < -0.4 is 0 Å². The molecular weight excluding hydrogens is 523 g/mol. The Labute approximate surface area is 219 Å². The highest BCUT2D eigenvalue weighted by atomic mass is 32.2. The Morgan fingerprint density at radius 1 is 1.00 bits per heavy atom. The third-order valence-electron chi connectivity index (χ3n) is 7.45. The molecule has 0 N–H and O–H groups in total. The predicted molar refractivity (Wildman–Crippen MR) is 134 cm³/mol. The Morgan fingerprint density at radius 3 is 2.24 bits per heavy atom. The summed E-state index contributed by atoms with van der Waals surface area (Å²) < 4.78 is 94.0. The van der Waals surface area contributed by atoms with Gasteiger partial charge in [-0.15, -0.1) is 0 Å². The average Bonchev–Trinajstić information content (AvgIpc) is 3.57.